The number of hydrazine groups is 1. The Morgan fingerprint density at radius 3 is 2.12 bits per heavy atom. The van der Waals surface area contributed by atoms with Crippen molar-refractivity contribution >= 4 is 0 Å². The predicted molar refractivity (Wildman–Crippen MR) is 141 cm³/mol. The van der Waals surface area contributed by atoms with Gasteiger partial charge < -0.3 is 4.74 Å². The van der Waals surface area contributed by atoms with Gasteiger partial charge in [-0.05, 0) is 23.6 Å². The summed E-state index contributed by atoms with van der Waals surface area (Å²) in [6.07, 6.45) is 1.06. The van der Waals surface area contributed by atoms with Crippen LogP contribution in [0.2, 0.25) is 0 Å². The molecule has 4 nitrogen and oxygen atoms in total. The van der Waals surface area contributed by atoms with E-state index in [1.165, 1.54) is 16.7 Å². The summed E-state index contributed by atoms with van der Waals surface area (Å²) in [5, 5.41) is 5.06. The van der Waals surface area contributed by atoms with Gasteiger partial charge in [-0.2, -0.15) is 0 Å². The molecule has 4 heteroatoms. The van der Waals surface area contributed by atoms with Crippen LogP contribution >= 0.6 is 0 Å². The molecule has 1 fully saturated rings. The number of hydrogen-bond donors (Lipinski definition) is 0. The first-order chi connectivity index (χ1) is 16.7. The van der Waals surface area contributed by atoms with Crippen molar-refractivity contribution in [1.29, 1.82) is 0 Å². The Morgan fingerprint density at radius 2 is 1.44 bits per heavy atom. The molecule has 0 aromatic heterocycles. The predicted octanol–water partition coefficient (Wildman–Crippen LogP) is 5.95. The standard InChI is InChI=1S/C30H39N3O/c1-4-30(28-18-11-8-12-19-28)25-33(32(5-2)6-3)22-21-31(30)23-27-17-13-14-20-29(27)34-24-26-15-9-7-10-16-26/h7-20H,4-6,21-25H2,1-3H3. The Labute approximate surface area is 205 Å². The van der Waals surface area contributed by atoms with E-state index in [-0.39, 0.29) is 5.54 Å². The molecule has 1 aliphatic heterocycles. The fourth-order valence-electron chi connectivity index (χ4n) is 5.30. The number of rotatable bonds is 10. The average Bonchev–Trinajstić information content (AvgIpc) is 2.90. The van der Waals surface area contributed by atoms with E-state index in [1.807, 2.05) is 6.07 Å². The third-order valence-corrected chi connectivity index (χ3v) is 7.27. The number of benzene rings is 3. The number of nitrogens with zero attached hydrogens (tertiary/aromatic N) is 3. The van der Waals surface area contributed by atoms with Crippen molar-refractivity contribution in [1.82, 2.24) is 14.9 Å². The zero-order valence-corrected chi connectivity index (χ0v) is 21.0. The van der Waals surface area contributed by atoms with Gasteiger partial charge in [0.1, 0.15) is 12.4 Å². The number of hydrogen-bond acceptors (Lipinski definition) is 4. The second-order valence-corrected chi connectivity index (χ2v) is 9.08. The second-order valence-electron chi connectivity index (χ2n) is 9.08. The molecule has 0 radical (unpaired) electrons. The average molecular weight is 458 g/mol. The van der Waals surface area contributed by atoms with Crippen LogP contribution in [0.3, 0.4) is 0 Å². The van der Waals surface area contributed by atoms with Crippen molar-refractivity contribution < 1.29 is 4.74 Å². The van der Waals surface area contributed by atoms with Gasteiger partial charge in [-0.1, -0.05) is 99.6 Å². The molecular formula is C30H39N3O. The van der Waals surface area contributed by atoms with Crippen molar-refractivity contribution in [3.8, 4) is 5.75 Å². The molecule has 1 aliphatic rings. The zero-order valence-electron chi connectivity index (χ0n) is 21.0. The van der Waals surface area contributed by atoms with Crippen LogP contribution in [0.25, 0.3) is 0 Å². The highest BCUT2D eigenvalue weighted by atomic mass is 16.5. The maximum absolute atomic E-state index is 6.32. The van der Waals surface area contributed by atoms with E-state index in [1.54, 1.807) is 0 Å². The lowest BCUT2D eigenvalue weighted by molar-refractivity contribution is -0.114. The van der Waals surface area contributed by atoms with Gasteiger partial charge >= 0.3 is 0 Å². The lowest BCUT2D eigenvalue weighted by atomic mass is 9.83. The van der Waals surface area contributed by atoms with Crippen molar-refractivity contribution in [2.45, 2.75) is 45.9 Å². The van der Waals surface area contributed by atoms with E-state index in [4.69, 9.17) is 4.74 Å². The summed E-state index contributed by atoms with van der Waals surface area (Å²) < 4.78 is 6.32. The van der Waals surface area contributed by atoms with Gasteiger partial charge in [-0.3, -0.25) is 4.90 Å². The van der Waals surface area contributed by atoms with Gasteiger partial charge in [-0.25, -0.2) is 10.0 Å². The maximum atomic E-state index is 6.32. The van der Waals surface area contributed by atoms with Gasteiger partial charge in [0.05, 0.1) is 5.54 Å². The topological polar surface area (TPSA) is 19.0 Å². The molecule has 3 aromatic rings. The van der Waals surface area contributed by atoms with Crippen molar-refractivity contribution in [2.24, 2.45) is 0 Å². The number of ether oxygens (including phenoxy) is 1. The van der Waals surface area contributed by atoms with Gasteiger partial charge in [0.25, 0.3) is 0 Å². The molecule has 0 bridgehead atoms. The van der Waals surface area contributed by atoms with Crippen LogP contribution < -0.4 is 4.74 Å². The molecule has 180 valence electrons. The van der Waals surface area contributed by atoms with Crippen LogP contribution in [0.5, 0.6) is 5.75 Å². The van der Waals surface area contributed by atoms with E-state index in [9.17, 15) is 0 Å². The first-order valence-corrected chi connectivity index (χ1v) is 12.7. The SMILES string of the molecule is CCN(CC)N1CCN(Cc2ccccc2OCc2ccccc2)C(CC)(c2ccccc2)C1. The molecule has 0 amide bonds. The minimum absolute atomic E-state index is 0.0470. The van der Waals surface area contributed by atoms with Crippen molar-refractivity contribution in [3.63, 3.8) is 0 Å². The molecule has 1 unspecified atom stereocenters. The molecule has 3 aromatic carbocycles. The summed E-state index contributed by atoms with van der Waals surface area (Å²) in [5.41, 5.74) is 3.80. The summed E-state index contributed by atoms with van der Waals surface area (Å²) in [7, 11) is 0. The van der Waals surface area contributed by atoms with Crippen LogP contribution in [0.15, 0.2) is 84.9 Å². The third-order valence-electron chi connectivity index (χ3n) is 7.27. The summed E-state index contributed by atoms with van der Waals surface area (Å²) in [6, 6.07) is 30.0. The third kappa shape index (κ3) is 5.35. The minimum atomic E-state index is -0.0470. The van der Waals surface area contributed by atoms with Crippen molar-refractivity contribution in [3.05, 3.63) is 102 Å². The Morgan fingerprint density at radius 1 is 0.794 bits per heavy atom. The van der Waals surface area contributed by atoms with E-state index >= 15 is 0 Å². The largest absolute Gasteiger partial charge is 0.489 e. The highest BCUT2D eigenvalue weighted by molar-refractivity contribution is 5.35. The Bertz CT molecular complexity index is 1010. The monoisotopic (exact) mass is 457 g/mol. The summed E-state index contributed by atoms with van der Waals surface area (Å²) in [6.45, 7) is 13.5. The quantitative estimate of drug-likeness (QED) is 0.375. The molecule has 0 aliphatic carbocycles. The number of para-hydroxylation sites is 1. The Kier molecular flexibility index (Phi) is 8.39. The smallest absolute Gasteiger partial charge is 0.124 e. The molecular weight excluding hydrogens is 418 g/mol. The molecule has 0 spiro atoms. The number of piperazine rings is 1. The molecule has 1 saturated heterocycles. The molecule has 0 saturated carbocycles. The van der Waals surface area contributed by atoms with Crippen molar-refractivity contribution in [2.75, 3.05) is 32.7 Å². The van der Waals surface area contributed by atoms with Crippen LogP contribution in [0.4, 0.5) is 0 Å². The summed E-state index contributed by atoms with van der Waals surface area (Å²) in [5.74, 6) is 0.982. The van der Waals surface area contributed by atoms with Gasteiger partial charge in [0.2, 0.25) is 0 Å². The maximum Gasteiger partial charge on any atom is 0.124 e. The first kappa shape index (κ1) is 24.5. The van der Waals surface area contributed by atoms with Crippen LogP contribution in [-0.2, 0) is 18.7 Å². The van der Waals surface area contributed by atoms with Gasteiger partial charge in [-0.15, -0.1) is 0 Å². The minimum Gasteiger partial charge on any atom is -0.489 e. The second kappa shape index (κ2) is 11.7. The lowest BCUT2D eigenvalue weighted by Crippen LogP contribution is -2.63. The van der Waals surface area contributed by atoms with E-state index in [0.29, 0.717) is 6.61 Å². The molecule has 34 heavy (non-hydrogen) atoms. The molecule has 4 rings (SSSR count). The summed E-state index contributed by atoms with van der Waals surface area (Å²) in [4.78, 5) is 2.69. The lowest BCUT2D eigenvalue weighted by Gasteiger charge is -2.53. The van der Waals surface area contributed by atoms with Crippen LogP contribution in [0.1, 0.15) is 43.9 Å². The van der Waals surface area contributed by atoms with E-state index < -0.39 is 0 Å². The molecule has 1 atom stereocenters. The zero-order chi connectivity index (χ0) is 23.8. The van der Waals surface area contributed by atoms with Crippen LogP contribution in [-0.4, -0.2) is 47.6 Å². The first-order valence-electron chi connectivity index (χ1n) is 12.7. The Hall–Kier alpha value is -2.66. The normalized spacial score (nSPS) is 19.4. The molecule has 0 N–H and O–H groups in total. The molecule has 1 heterocycles. The van der Waals surface area contributed by atoms with E-state index in [2.05, 4.69) is 115 Å². The Balaban J connectivity index is 1.61. The van der Waals surface area contributed by atoms with E-state index in [0.717, 1.165) is 51.4 Å². The fourth-order valence-corrected chi connectivity index (χ4v) is 5.30. The van der Waals surface area contributed by atoms with Gasteiger partial charge in [0, 0.05) is 44.8 Å². The highest BCUT2D eigenvalue weighted by Gasteiger charge is 2.43. The summed E-state index contributed by atoms with van der Waals surface area (Å²) >= 11 is 0. The highest BCUT2D eigenvalue weighted by Crippen LogP contribution is 2.38. The van der Waals surface area contributed by atoms with Crippen LogP contribution in [0, 0.1) is 0 Å². The van der Waals surface area contributed by atoms with Gasteiger partial charge in [0.15, 0.2) is 0 Å². The fraction of sp³-hybridized carbons (Fsp3) is 0.400.